The second-order valence-corrected chi connectivity index (χ2v) is 4.38. The van der Waals surface area contributed by atoms with Gasteiger partial charge >= 0.3 is 0 Å². The number of ether oxygens (including phenoxy) is 1. The summed E-state index contributed by atoms with van der Waals surface area (Å²) in [6.07, 6.45) is 1.87. The molecule has 1 aromatic carbocycles. The minimum atomic E-state index is -0.303. The van der Waals surface area contributed by atoms with Crippen LogP contribution in [0.4, 0.5) is 0 Å². The third-order valence-electron chi connectivity index (χ3n) is 2.55. The highest BCUT2D eigenvalue weighted by Gasteiger charge is 2.02. The summed E-state index contributed by atoms with van der Waals surface area (Å²) in [4.78, 5) is 11.2. The van der Waals surface area contributed by atoms with Crippen molar-refractivity contribution < 1.29 is 9.53 Å². The van der Waals surface area contributed by atoms with E-state index in [0.29, 0.717) is 5.75 Å². The molecule has 0 aromatic heterocycles. The quantitative estimate of drug-likeness (QED) is 0.716. The topological polar surface area (TPSA) is 88.1 Å². The molecule has 19 heavy (non-hydrogen) atoms. The molecule has 0 heterocycles. The Kier molecular flexibility index (Phi) is 6.41. The lowest BCUT2D eigenvalue weighted by Crippen LogP contribution is -2.28. The van der Waals surface area contributed by atoms with Gasteiger partial charge < -0.3 is 15.8 Å². The molecule has 0 fully saturated rings. The molecule has 1 rings (SSSR count). The Bertz CT molecular complexity index is 435. The van der Waals surface area contributed by atoms with Crippen LogP contribution in [0.5, 0.6) is 5.75 Å². The molecule has 0 saturated carbocycles. The molecule has 0 aliphatic carbocycles. The smallest absolute Gasteiger partial charge is 0.258 e. The molecule has 1 amide bonds. The molecule has 1 aromatic rings. The van der Waals surface area contributed by atoms with E-state index in [-0.39, 0.29) is 25.1 Å². The second-order valence-electron chi connectivity index (χ2n) is 4.38. The van der Waals surface area contributed by atoms with Crippen LogP contribution in [0.3, 0.4) is 0 Å². The van der Waals surface area contributed by atoms with Crippen LogP contribution in [0, 0.1) is 11.3 Å². The maximum Gasteiger partial charge on any atom is 0.258 e. The van der Waals surface area contributed by atoms with E-state index in [1.54, 1.807) is 0 Å². The number of carbonyl (C=O) groups excluding carboxylic acids is 1. The summed E-state index contributed by atoms with van der Waals surface area (Å²) in [5.41, 5.74) is 6.89. The minimum absolute atomic E-state index is 0.00158. The van der Waals surface area contributed by atoms with Gasteiger partial charge in [0.05, 0.1) is 6.07 Å². The first-order valence-electron chi connectivity index (χ1n) is 6.23. The van der Waals surface area contributed by atoms with Crippen molar-refractivity contribution in [3.8, 4) is 11.8 Å². The van der Waals surface area contributed by atoms with Crippen molar-refractivity contribution in [3.63, 3.8) is 0 Å². The normalized spacial score (nSPS) is 11.4. The van der Waals surface area contributed by atoms with Crippen molar-refractivity contribution in [3.05, 3.63) is 29.8 Å². The number of nitrogens with zero attached hydrogens (tertiary/aromatic N) is 1. The summed E-state index contributed by atoms with van der Waals surface area (Å²) in [5, 5.41) is 10.7. The minimum Gasteiger partial charge on any atom is -0.484 e. The number of nitriles is 1. The summed E-state index contributed by atoms with van der Waals surface area (Å²) in [6.45, 7) is 1.90. The molecule has 5 nitrogen and oxygen atoms in total. The Morgan fingerprint density at radius 3 is 2.74 bits per heavy atom. The summed E-state index contributed by atoms with van der Waals surface area (Å²) in [6, 6.07) is 9.61. The molecular weight excluding hydrogens is 242 g/mol. The zero-order valence-corrected chi connectivity index (χ0v) is 11.1. The third kappa shape index (κ3) is 6.43. The number of hydrogen-bond donors (Lipinski definition) is 2. The lowest BCUT2D eigenvalue weighted by atomic mass is 10.1. The fourth-order valence-electron chi connectivity index (χ4n) is 1.48. The molecule has 0 spiro atoms. The van der Waals surface area contributed by atoms with Gasteiger partial charge in [-0.25, -0.2) is 0 Å². The highest BCUT2D eigenvalue weighted by Crippen LogP contribution is 2.13. The van der Waals surface area contributed by atoms with Crippen molar-refractivity contribution in [1.82, 2.24) is 5.32 Å². The highest BCUT2D eigenvalue weighted by molar-refractivity contribution is 5.77. The van der Waals surface area contributed by atoms with Gasteiger partial charge in [-0.2, -0.15) is 5.26 Å². The van der Waals surface area contributed by atoms with Crippen molar-refractivity contribution in [2.24, 2.45) is 5.73 Å². The summed E-state index contributed by atoms with van der Waals surface area (Å²) >= 11 is 0. The van der Waals surface area contributed by atoms with E-state index in [4.69, 9.17) is 15.7 Å². The van der Waals surface area contributed by atoms with Gasteiger partial charge in [0, 0.05) is 6.04 Å². The number of hydrogen-bond acceptors (Lipinski definition) is 4. The van der Waals surface area contributed by atoms with Crippen molar-refractivity contribution in [1.29, 1.82) is 5.26 Å². The molecule has 0 radical (unpaired) electrons. The van der Waals surface area contributed by atoms with Gasteiger partial charge in [0.25, 0.3) is 5.91 Å². The molecule has 0 bridgehead atoms. The zero-order chi connectivity index (χ0) is 14.1. The van der Waals surface area contributed by atoms with Gasteiger partial charge in [-0.1, -0.05) is 12.1 Å². The van der Waals surface area contributed by atoms with E-state index in [2.05, 4.69) is 5.32 Å². The van der Waals surface area contributed by atoms with E-state index < -0.39 is 0 Å². The molecule has 0 aliphatic heterocycles. The Balaban J connectivity index is 2.36. The fraction of sp³-hybridized carbons (Fsp3) is 0.429. The van der Waals surface area contributed by atoms with Crippen LogP contribution in [0.15, 0.2) is 24.3 Å². The summed E-state index contributed by atoms with van der Waals surface area (Å²) < 4.78 is 5.30. The summed E-state index contributed by atoms with van der Waals surface area (Å²) in [7, 11) is 0. The monoisotopic (exact) mass is 261 g/mol. The molecule has 102 valence electrons. The third-order valence-corrected chi connectivity index (χ3v) is 2.55. The van der Waals surface area contributed by atoms with Gasteiger partial charge in [0.15, 0.2) is 6.61 Å². The van der Waals surface area contributed by atoms with Crippen LogP contribution in [-0.4, -0.2) is 25.1 Å². The molecule has 1 atom stereocenters. The largest absolute Gasteiger partial charge is 0.484 e. The lowest BCUT2D eigenvalue weighted by Gasteiger charge is -2.08. The molecule has 5 heteroatoms. The predicted octanol–water partition coefficient (Wildman–Crippen LogP) is 0.985. The van der Waals surface area contributed by atoms with Crippen LogP contribution in [0.2, 0.25) is 0 Å². The van der Waals surface area contributed by atoms with Crippen LogP contribution in [-0.2, 0) is 11.2 Å². The maximum atomic E-state index is 11.2. The Labute approximate surface area is 113 Å². The number of amides is 1. The lowest BCUT2D eigenvalue weighted by molar-refractivity contribution is -0.122. The zero-order valence-electron chi connectivity index (χ0n) is 11.1. The first kappa shape index (κ1) is 15.0. The highest BCUT2D eigenvalue weighted by atomic mass is 16.5. The molecule has 3 N–H and O–H groups in total. The van der Waals surface area contributed by atoms with Gasteiger partial charge in [0.1, 0.15) is 12.3 Å². The van der Waals surface area contributed by atoms with E-state index in [1.165, 1.54) is 5.56 Å². The first-order valence-corrected chi connectivity index (χ1v) is 6.23. The van der Waals surface area contributed by atoms with E-state index in [0.717, 1.165) is 12.8 Å². The van der Waals surface area contributed by atoms with E-state index in [1.807, 2.05) is 37.3 Å². The number of carbonyl (C=O) groups is 1. The predicted molar refractivity (Wildman–Crippen MR) is 72.5 cm³/mol. The number of nitrogens with one attached hydrogen (secondary N) is 1. The fourth-order valence-corrected chi connectivity index (χ4v) is 1.48. The van der Waals surface area contributed by atoms with E-state index in [9.17, 15) is 4.79 Å². The molecular formula is C14H19N3O2. The SMILES string of the molecule is CC(N)CCc1ccc(OCC(=O)NCC#N)cc1. The number of rotatable bonds is 7. The number of nitrogens with two attached hydrogens (primary N) is 1. The summed E-state index contributed by atoms with van der Waals surface area (Å²) in [5.74, 6) is 0.333. The van der Waals surface area contributed by atoms with Gasteiger partial charge in [-0.3, -0.25) is 4.79 Å². The van der Waals surface area contributed by atoms with Crippen molar-refractivity contribution in [2.45, 2.75) is 25.8 Å². The molecule has 0 saturated heterocycles. The average molecular weight is 261 g/mol. The van der Waals surface area contributed by atoms with Gasteiger partial charge in [0.2, 0.25) is 0 Å². The Morgan fingerprint density at radius 1 is 1.47 bits per heavy atom. The van der Waals surface area contributed by atoms with Crippen LogP contribution in [0.1, 0.15) is 18.9 Å². The molecule has 0 aliphatic rings. The van der Waals surface area contributed by atoms with E-state index >= 15 is 0 Å². The standard InChI is InChI=1S/C14H19N3O2/c1-11(16)2-3-12-4-6-13(7-5-12)19-10-14(18)17-9-8-15/h4-7,11H,2-3,9-10,16H2,1H3,(H,17,18). The average Bonchev–Trinajstić information content (AvgIpc) is 2.41. The van der Waals surface area contributed by atoms with Crippen LogP contribution < -0.4 is 15.8 Å². The Morgan fingerprint density at radius 2 is 2.16 bits per heavy atom. The van der Waals surface area contributed by atoms with Crippen LogP contribution in [0.25, 0.3) is 0 Å². The van der Waals surface area contributed by atoms with Gasteiger partial charge in [-0.15, -0.1) is 0 Å². The maximum absolute atomic E-state index is 11.2. The Hall–Kier alpha value is -2.06. The van der Waals surface area contributed by atoms with Gasteiger partial charge in [-0.05, 0) is 37.5 Å². The molecule has 1 unspecified atom stereocenters. The van der Waals surface area contributed by atoms with Crippen LogP contribution >= 0.6 is 0 Å². The van der Waals surface area contributed by atoms with Crippen molar-refractivity contribution >= 4 is 5.91 Å². The number of benzene rings is 1. The first-order chi connectivity index (χ1) is 9.11. The second kappa shape index (κ2) is 8.11. The van der Waals surface area contributed by atoms with Crippen molar-refractivity contribution in [2.75, 3.05) is 13.2 Å². The number of aryl methyl sites for hydroxylation is 1.